The van der Waals surface area contributed by atoms with Gasteiger partial charge in [0.15, 0.2) is 0 Å². The van der Waals surface area contributed by atoms with E-state index in [1.807, 2.05) is 37.3 Å². The molecular weight excluding hydrogens is 346 g/mol. The molecule has 0 spiro atoms. The number of likely N-dealkylation sites (tertiary alicyclic amines) is 1. The van der Waals surface area contributed by atoms with Crippen LogP contribution in [-0.4, -0.2) is 37.3 Å². The van der Waals surface area contributed by atoms with Gasteiger partial charge in [0.2, 0.25) is 0 Å². The van der Waals surface area contributed by atoms with Crippen LogP contribution in [0, 0.1) is 6.92 Å². The summed E-state index contributed by atoms with van der Waals surface area (Å²) in [6.07, 6.45) is 2.01. The Morgan fingerprint density at radius 2 is 1.92 bits per heavy atom. The molecular formula is C19H23N5OS. The van der Waals surface area contributed by atoms with Crippen LogP contribution in [0.5, 0.6) is 0 Å². The average Bonchev–Trinajstić information content (AvgIpc) is 3.19. The van der Waals surface area contributed by atoms with Gasteiger partial charge in [-0.3, -0.25) is 4.90 Å². The molecule has 6 nitrogen and oxygen atoms in total. The third kappa shape index (κ3) is 3.37. The summed E-state index contributed by atoms with van der Waals surface area (Å²) in [6, 6.07) is 9.80. The summed E-state index contributed by atoms with van der Waals surface area (Å²) in [5, 5.41) is 7.83. The van der Waals surface area contributed by atoms with Crippen LogP contribution in [-0.2, 0) is 13.6 Å². The van der Waals surface area contributed by atoms with Gasteiger partial charge in [0.1, 0.15) is 5.82 Å². The normalized spacial score (nSPS) is 16.2. The van der Waals surface area contributed by atoms with E-state index in [2.05, 4.69) is 20.4 Å². The first kappa shape index (κ1) is 17.2. The number of hydrogen-bond acceptors (Lipinski definition) is 5. The van der Waals surface area contributed by atoms with Crippen LogP contribution in [0.25, 0.3) is 5.69 Å². The maximum absolute atomic E-state index is 12.6. The lowest BCUT2D eigenvalue weighted by atomic mass is 9.95. The van der Waals surface area contributed by atoms with Gasteiger partial charge in [-0.15, -0.1) is 11.3 Å². The minimum absolute atomic E-state index is 0.0772. The molecule has 3 aromatic rings. The highest BCUT2D eigenvalue weighted by atomic mass is 32.1. The molecule has 2 aromatic heterocycles. The Balaban J connectivity index is 1.51. The number of thiazole rings is 1. The highest BCUT2D eigenvalue weighted by molar-refractivity contribution is 7.09. The quantitative estimate of drug-likeness (QED) is 0.710. The number of para-hydroxylation sites is 1. The van der Waals surface area contributed by atoms with Gasteiger partial charge in [-0.1, -0.05) is 18.2 Å². The molecule has 1 aromatic carbocycles. The molecule has 0 radical (unpaired) electrons. The third-order valence-electron chi connectivity index (χ3n) is 4.97. The average molecular weight is 369 g/mol. The molecule has 0 saturated carbocycles. The van der Waals surface area contributed by atoms with E-state index in [0.717, 1.165) is 54.7 Å². The number of aryl methyl sites for hydroxylation is 2. The molecule has 7 heteroatoms. The van der Waals surface area contributed by atoms with Crippen molar-refractivity contribution < 1.29 is 0 Å². The van der Waals surface area contributed by atoms with Gasteiger partial charge < -0.3 is 0 Å². The molecule has 1 fully saturated rings. The van der Waals surface area contributed by atoms with Gasteiger partial charge in [-0.05, 0) is 45.0 Å². The fourth-order valence-electron chi connectivity index (χ4n) is 3.63. The zero-order valence-corrected chi connectivity index (χ0v) is 15.9. The van der Waals surface area contributed by atoms with Crippen LogP contribution < -0.4 is 5.69 Å². The van der Waals surface area contributed by atoms with E-state index in [0.29, 0.717) is 5.92 Å². The molecule has 0 N–H and O–H groups in total. The Kier molecular flexibility index (Phi) is 4.74. The molecule has 26 heavy (non-hydrogen) atoms. The Hall–Kier alpha value is -2.25. The monoisotopic (exact) mass is 369 g/mol. The summed E-state index contributed by atoms with van der Waals surface area (Å²) in [5.41, 5.74) is 1.97. The van der Waals surface area contributed by atoms with E-state index in [9.17, 15) is 4.79 Å². The number of rotatable bonds is 4. The lowest BCUT2D eigenvalue weighted by Crippen LogP contribution is -2.33. The second kappa shape index (κ2) is 7.17. The maximum atomic E-state index is 12.6. The first-order valence-electron chi connectivity index (χ1n) is 8.96. The molecule has 0 aliphatic carbocycles. The Morgan fingerprint density at radius 3 is 2.58 bits per heavy atom. The number of aromatic nitrogens is 4. The first-order valence-corrected chi connectivity index (χ1v) is 9.84. The number of nitrogens with zero attached hydrogens (tertiary/aromatic N) is 5. The van der Waals surface area contributed by atoms with Gasteiger partial charge in [0, 0.05) is 24.9 Å². The smallest absolute Gasteiger partial charge is 0.297 e. The summed E-state index contributed by atoms with van der Waals surface area (Å²) < 4.78 is 3.22. The van der Waals surface area contributed by atoms with E-state index in [1.165, 1.54) is 4.68 Å². The molecule has 1 aliphatic heterocycles. The van der Waals surface area contributed by atoms with Crippen LogP contribution >= 0.6 is 11.3 Å². The van der Waals surface area contributed by atoms with Gasteiger partial charge in [0.25, 0.3) is 0 Å². The van der Waals surface area contributed by atoms with Crippen molar-refractivity contribution in [1.82, 2.24) is 24.2 Å². The second-order valence-corrected chi connectivity index (χ2v) is 7.91. The summed E-state index contributed by atoms with van der Waals surface area (Å²) in [6.45, 7) is 4.96. The standard InChI is InChI=1S/C19H23N5OS/c1-14-20-16(13-26-14)12-23-10-8-15(9-11-23)18-21-22(2)19(25)24(18)17-6-4-3-5-7-17/h3-7,13,15H,8-12H2,1-2H3. The van der Waals surface area contributed by atoms with E-state index in [1.54, 1.807) is 23.0 Å². The number of piperidine rings is 1. The molecule has 0 bridgehead atoms. The topological polar surface area (TPSA) is 56.0 Å². The van der Waals surface area contributed by atoms with Crippen molar-refractivity contribution in [2.24, 2.45) is 7.05 Å². The molecule has 4 rings (SSSR count). The third-order valence-corrected chi connectivity index (χ3v) is 5.79. The van der Waals surface area contributed by atoms with Crippen molar-refractivity contribution in [3.8, 4) is 5.69 Å². The lowest BCUT2D eigenvalue weighted by molar-refractivity contribution is 0.199. The summed E-state index contributed by atoms with van der Waals surface area (Å²) in [4.78, 5) is 19.6. The van der Waals surface area contributed by atoms with Crippen molar-refractivity contribution >= 4 is 11.3 Å². The maximum Gasteiger partial charge on any atom is 0.350 e. The van der Waals surface area contributed by atoms with Crippen molar-refractivity contribution in [1.29, 1.82) is 0 Å². The van der Waals surface area contributed by atoms with Crippen molar-refractivity contribution in [2.45, 2.75) is 32.2 Å². The highest BCUT2D eigenvalue weighted by Crippen LogP contribution is 2.28. The minimum Gasteiger partial charge on any atom is -0.297 e. The molecule has 1 aliphatic rings. The predicted octanol–water partition coefficient (Wildman–Crippen LogP) is 2.72. The van der Waals surface area contributed by atoms with Crippen LogP contribution in [0.4, 0.5) is 0 Å². The number of hydrogen-bond donors (Lipinski definition) is 0. The van der Waals surface area contributed by atoms with Crippen molar-refractivity contribution in [3.05, 3.63) is 62.7 Å². The SMILES string of the molecule is Cc1nc(CN2CCC(c3nn(C)c(=O)n3-c3ccccc3)CC2)cs1. The van der Waals surface area contributed by atoms with Crippen molar-refractivity contribution in [3.63, 3.8) is 0 Å². The minimum atomic E-state index is -0.0772. The lowest BCUT2D eigenvalue weighted by Gasteiger charge is -2.31. The summed E-state index contributed by atoms with van der Waals surface area (Å²) in [7, 11) is 1.73. The molecule has 0 amide bonds. The van der Waals surface area contributed by atoms with Gasteiger partial charge >= 0.3 is 5.69 Å². The fraction of sp³-hybridized carbons (Fsp3) is 0.421. The van der Waals surface area contributed by atoms with E-state index >= 15 is 0 Å². The predicted molar refractivity (Wildman–Crippen MR) is 103 cm³/mol. The number of benzene rings is 1. The molecule has 136 valence electrons. The fourth-order valence-corrected chi connectivity index (χ4v) is 4.23. The summed E-state index contributed by atoms with van der Waals surface area (Å²) in [5.74, 6) is 1.19. The molecule has 3 heterocycles. The summed E-state index contributed by atoms with van der Waals surface area (Å²) >= 11 is 1.71. The Labute approximate surface area is 156 Å². The molecule has 0 atom stereocenters. The van der Waals surface area contributed by atoms with Crippen molar-refractivity contribution in [2.75, 3.05) is 13.1 Å². The van der Waals surface area contributed by atoms with Crippen LogP contribution in [0.15, 0.2) is 40.5 Å². The van der Waals surface area contributed by atoms with Crippen LogP contribution in [0.2, 0.25) is 0 Å². The van der Waals surface area contributed by atoms with Gasteiger partial charge in [0.05, 0.1) is 16.4 Å². The zero-order chi connectivity index (χ0) is 18.1. The van der Waals surface area contributed by atoms with Crippen LogP contribution in [0.1, 0.15) is 35.3 Å². The molecule has 0 unspecified atom stereocenters. The van der Waals surface area contributed by atoms with Gasteiger partial charge in [-0.2, -0.15) is 5.10 Å². The van der Waals surface area contributed by atoms with E-state index in [-0.39, 0.29) is 5.69 Å². The van der Waals surface area contributed by atoms with E-state index in [4.69, 9.17) is 0 Å². The Bertz CT molecular complexity index is 934. The first-order chi connectivity index (χ1) is 12.6. The zero-order valence-electron chi connectivity index (χ0n) is 15.1. The second-order valence-electron chi connectivity index (χ2n) is 6.84. The Morgan fingerprint density at radius 1 is 1.19 bits per heavy atom. The molecule has 1 saturated heterocycles. The highest BCUT2D eigenvalue weighted by Gasteiger charge is 2.27. The largest absolute Gasteiger partial charge is 0.350 e. The van der Waals surface area contributed by atoms with Crippen LogP contribution in [0.3, 0.4) is 0 Å². The van der Waals surface area contributed by atoms with Gasteiger partial charge in [-0.25, -0.2) is 19.0 Å². The van der Waals surface area contributed by atoms with E-state index < -0.39 is 0 Å².